The standard InChI is InChI=1S/C17H26F2N2/c1-17(2,21-11-6-4-5-7-12-21)16(20-3)13-9-8-10-14(18)15(13)19/h8-10,16,20H,4-7,11-12H2,1-3H3. The summed E-state index contributed by atoms with van der Waals surface area (Å²) < 4.78 is 27.7. The number of rotatable bonds is 4. The number of nitrogens with one attached hydrogen (secondary N) is 1. The summed E-state index contributed by atoms with van der Waals surface area (Å²) in [5, 5.41) is 3.20. The lowest BCUT2D eigenvalue weighted by Gasteiger charge is -2.44. The Balaban J connectivity index is 2.31. The summed E-state index contributed by atoms with van der Waals surface area (Å²) >= 11 is 0. The van der Waals surface area contributed by atoms with Gasteiger partial charge >= 0.3 is 0 Å². The largest absolute Gasteiger partial charge is 0.311 e. The molecule has 0 spiro atoms. The molecule has 2 nitrogen and oxygen atoms in total. The van der Waals surface area contributed by atoms with Crippen LogP contribution in [0.5, 0.6) is 0 Å². The quantitative estimate of drug-likeness (QED) is 0.907. The van der Waals surface area contributed by atoms with Crippen LogP contribution in [0.1, 0.15) is 51.1 Å². The van der Waals surface area contributed by atoms with E-state index in [1.54, 1.807) is 12.1 Å². The first-order valence-electron chi connectivity index (χ1n) is 7.84. The molecule has 1 fully saturated rings. The minimum Gasteiger partial charge on any atom is -0.311 e. The first kappa shape index (κ1) is 16.4. The average Bonchev–Trinajstić information content (AvgIpc) is 2.73. The summed E-state index contributed by atoms with van der Waals surface area (Å²) in [7, 11) is 1.81. The van der Waals surface area contributed by atoms with Crippen LogP contribution in [0, 0.1) is 11.6 Å². The zero-order valence-electron chi connectivity index (χ0n) is 13.3. The molecule has 0 aromatic heterocycles. The fraction of sp³-hybridized carbons (Fsp3) is 0.647. The normalized spacial score (nSPS) is 19.3. The number of halogens is 2. The second kappa shape index (κ2) is 6.84. The van der Waals surface area contributed by atoms with Gasteiger partial charge in [-0.1, -0.05) is 25.0 Å². The Morgan fingerprint density at radius 2 is 1.71 bits per heavy atom. The van der Waals surface area contributed by atoms with E-state index in [1.165, 1.54) is 31.7 Å². The van der Waals surface area contributed by atoms with E-state index in [9.17, 15) is 8.78 Å². The van der Waals surface area contributed by atoms with Crippen LogP contribution in [-0.4, -0.2) is 30.6 Å². The highest BCUT2D eigenvalue weighted by Crippen LogP contribution is 2.34. The zero-order valence-corrected chi connectivity index (χ0v) is 13.3. The van der Waals surface area contributed by atoms with Crippen LogP contribution in [0.3, 0.4) is 0 Å². The van der Waals surface area contributed by atoms with Crippen molar-refractivity contribution < 1.29 is 8.78 Å². The Hall–Kier alpha value is -1.00. The van der Waals surface area contributed by atoms with Crippen molar-refractivity contribution in [1.29, 1.82) is 0 Å². The number of hydrogen-bond acceptors (Lipinski definition) is 2. The smallest absolute Gasteiger partial charge is 0.163 e. The zero-order chi connectivity index (χ0) is 15.5. The van der Waals surface area contributed by atoms with E-state index in [0.29, 0.717) is 5.56 Å². The number of likely N-dealkylation sites (tertiary alicyclic amines) is 1. The molecule has 1 saturated heterocycles. The molecule has 0 aliphatic carbocycles. The van der Waals surface area contributed by atoms with E-state index in [2.05, 4.69) is 24.1 Å². The maximum absolute atomic E-state index is 14.2. The molecule has 1 heterocycles. The van der Waals surface area contributed by atoms with Crippen molar-refractivity contribution in [2.45, 2.75) is 51.1 Å². The van der Waals surface area contributed by atoms with Crippen molar-refractivity contribution in [3.63, 3.8) is 0 Å². The van der Waals surface area contributed by atoms with Gasteiger partial charge in [0.25, 0.3) is 0 Å². The monoisotopic (exact) mass is 296 g/mol. The van der Waals surface area contributed by atoms with Crippen molar-refractivity contribution in [1.82, 2.24) is 10.2 Å². The lowest BCUT2D eigenvalue weighted by Crippen LogP contribution is -2.52. The molecule has 0 amide bonds. The van der Waals surface area contributed by atoms with Gasteiger partial charge in [0.05, 0.1) is 6.04 Å². The first-order chi connectivity index (χ1) is 9.98. The van der Waals surface area contributed by atoms with Crippen molar-refractivity contribution >= 4 is 0 Å². The van der Waals surface area contributed by atoms with Gasteiger partial charge in [-0.2, -0.15) is 0 Å². The van der Waals surface area contributed by atoms with Crippen LogP contribution < -0.4 is 5.32 Å². The van der Waals surface area contributed by atoms with E-state index < -0.39 is 11.6 Å². The first-order valence-corrected chi connectivity index (χ1v) is 7.84. The summed E-state index contributed by atoms with van der Waals surface area (Å²) in [5.41, 5.74) is 0.139. The number of likely N-dealkylation sites (N-methyl/N-ethyl adjacent to an activating group) is 1. The van der Waals surface area contributed by atoms with Gasteiger partial charge in [0.1, 0.15) is 0 Å². The van der Waals surface area contributed by atoms with Crippen LogP contribution in [0.4, 0.5) is 8.78 Å². The van der Waals surface area contributed by atoms with Gasteiger partial charge in [-0.05, 0) is 52.9 Å². The highest BCUT2D eigenvalue weighted by molar-refractivity contribution is 5.25. The molecule has 1 N–H and O–H groups in total. The molecule has 1 aromatic carbocycles. The minimum atomic E-state index is -0.778. The molecule has 1 atom stereocenters. The van der Waals surface area contributed by atoms with E-state index in [1.807, 2.05) is 7.05 Å². The molecule has 1 aliphatic heterocycles. The third-order valence-corrected chi connectivity index (χ3v) is 4.71. The third kappa shape index (κ3) is 3.43. The topological polar surface area (TPSA) is 15.3 Å². The highest BCUT2D eigenvalue weighted by atomic mass is 19.2. The van der Waals surface area contributed by atoms with Gasteiger partial charge in [0.2, 0.25) is 0 Å². The van der Waals surface area contributed by atoms with Crippen LogP contribution in [0.15, 0.2) is 18.2 Å². The summed E-state index contributed by atoms with van der Waals surface area (Å²) in [5.74, 6) is -1.51. The summed E-state index contributed by atoms with van der Waals surface area (Å²) in [4.78, 5) is 2.41. The number of benzene rings is 1. The maximum atomic E-state index is 14.2. The summed E-state index contributed by atoms with van der Waals surface area (Å²) in [6, 6.07) is 4.19. The van der Waals surface area contributed by atoms with Crippen molar-refractivity contribution in [3.8, 4) is 0 Å². The molecule has 1 aromatic rings. The molecule has 118 valence electrons. The van der Waals surface area contributed by atoms with Gasteiger partial charge in [-0.25, -0.2) is 8.78 Å². The van der Waals surface area contributed by atoms with Gasteiger partial charge in [0.15, 0.2) is 11.6 Å². The molecule has 4 heteroatoms. The van der Waals surface area contributed by atoms with Crippen LogP contribution >= 0.6 is 0 Å². The van der Waals surface area contributed by atoms with Crippen LogP contribution in [0.25, 0.3) is 0 Å². The Morgan fingerprint density at radius 1 is 1.10 bits per heavy atom. The Labute approximate surface area is 126 Å². The van der Waals surface area contributed by atoms with Gasteiger partial charge in [-0.3, -0.25) is 4.90 Å². The van der Waals surface area contributed by atoms with Crippen molar-refractivity contribution in [3.05, 3.63) is 35.4 Å². The molecule has 0 saturated carbocycles. The third-order valence-electron chi connectivity index (χ3n) is 4.71. The van der Waals surface area contributed by atoms with E-state index in [4.69, 9.17) is 0 Å². The molecule has 21 heavy (non-hydrogen) atoms. The number of hydrogen-bond donors (Lipinski definition) is 1. The van der Waals surface area contributed by atoms with E-state index >= 15 is 0 Å². The highest BCUT2D eigenvalue weighted by Gasteiger charge is 2.37. The number of nitrogens with zero attached hydrogens (tertiary/aromatic N) is 1. The van der Waals surface area contributed by atoms with Crippen molar-refractivity contribution in [2.24, 2.45) is 0 Å². The Kier molecular flexibility index (Phi) is 5.33. The second-order valence-corrected chi connectivity index (χ2v) is 6.42. The second-order valence-electron chi connectivity index (χ2n) is 6.42. The van der Waals surface area contributed by atoms with Gasteiger partial charge in [0, 0.05) is 11.1 Å². The van der Waals surface area contributed by atoms with Gasteiger partial charge < -0.3 is 5.32 Å². The minimum absolute atomic E-state index is 0.244. The molecular weight excluding hydrogens is 270 g/mol. The summed E-state index contributed by atoms with van der Waals surface area (Å²) in [6.45, 7) is 6.26. The SMILES string of the molecule is CNC(c1cccc(F)c1F)C(C)(C)N1CCCCCC1. The predicted octanol–water partition coefficient (Wildman–Crippen LogP) is 3.88. The fourth-order valence-corrected chi connectivity index (χ4v) is 3.46. The Morgan fingerprint density at radius 3 is 2.29 bits per heavy atom. The molecule has 1 aliphatic rings. The summed E-state index contributed by atoms with van der Waals surface area (Å²) in [6.07, 6.45) is 4.85. The predicted molar refractivity (Wildman–Crippen MR) is 82.3 cm³/mol. The molecule has 0 bridgehead atoms. The van der Waals surface area contributed by atoms with E-state index in [-0.39, 0.29) is 11.6 Å². The average molecular weight is 296 g/mol. The van der Waals surface area contributed by atoms with Crippen LogP contribution in [-0.2, 0) is 0 Å². The fourth-order valence-electron chi connectivity index (χ4n) is 3.46. The molecule has 0 radical (unpaired) electrons. The lowest BCUT2D eigenvalue weighted by atomic mass is 9.86. The molecule has 2 rings (SSSR count). The molecular formula is C17H26F2N2. The Bertz CT molecular complexity index is 466. The lowest BCUT2D eigenvalue weighted by molar-refractivity contribution is 0.0848. The van der Waals surface area contributed by atoms with Crippen LogP contribution in [0.2, 0.25) is 0 Å². The van der Waals surface area contributed by atoms with Crippen molar-refractivity contribution in [2.75, 3.05) is 20.1 Å². The van der Waals surface area contributed by atoms with E-state index in [0.717, 1.165) is 13.1 Å². The maximum Gasteiger partial charge on any atom is 0.163 e. The van der Waals surface area contributed by atoms with Gasteiger partial charge in [-0.15, -0.1) is 0 Å². The molecule has 1 unspecified atom stereocenters.